The van der Waals surface area contributed by atoms with Crippen LogP contribution in [0.1, 0.15) is 139 Å². The van der Waals surface area contributed by atoms with E-state index in [0.29, 0.717) is 6.61 Å². The molecule has 0 spiro atoms. The molecule has 0 aromatic carbocycles. The summed E-state index contributed by atoms with van der Waals surface area (Å²) in [6, 6.07) is 0. The van der Waals surface area contributed by atoms with E-state index in [9.17, 15) is 0 Å². The lowest BCUT2D eigenvalue weighted by Gasteiger charge is -1.95. The van der Waals surface area contributed by atoms with Crippen molar-refractivity contribution in [3.05, 3.63) is 0 Å². The molecule has 0 rings (SSSR count). The predicted molar refractivity (Wildman–Crippen MR) is 126 cm³/mol. The smallest absolute Gasteiger partial charge is 0.0431 e. The predicted octanol–water partition coefficient (Wildman–Crippen LogP) is 8.37. The van der Waals surface area contributed by atoms with Crippen molar-refractivity contribution in [1.82, 2.24) is 5.32 Å². The zero-order valence-corrected chi connectivity index (χ0v) is 20.6. The van der Waals surface area contributed by atoms with Gasteiger partial charge in [0, 0.05) is 6.61 Å². The van der Waals surface area contributed by atoms with Gasteiger partial charge in [-0.15, -0.1) is 0 Å². The summed E-state index contributed by atoms with van der Waals surface area (Å²) in [6.07, 6.45) is 17.2. The largest absolute Gasteiger partial charge is 0.396 e. The van der Waals surface area contributed by atoms with Gasteiger partial charge in [-0.3, -0.25) is 0 Å². The van der Waals surface area contributed by atoms with E-state index in [0.717, 1.165) is 13.0 Å². The van der Waals surface area contributed by atoms with Crippen molar-refractivity contribution in [3.63, 3.8) is 0 Å². The van der Waals surface area contributed by atoms with Crippen molar-refractivity contribution in [2.75, 3.05) is 20.2 Å². The number of unbranched alkanes of at least 4 members (excludes halogenated alkanes) is 10. The van der Waals surface area contributed by atoms with Crippen LogP contribution in [-0.4, -0.2) is 25.3 Å². The molecule has 2 nitrogen and oxygen atoms in total. The lowest BCUT2D eigenvalue weighted by molar-refractivity contribution is 0.282. The molecule has 0 aromatic rings. The molecule has 0 aromatic heterocycles. The summed E-state index contributed by atoms with van der Waals surface area (Å²) in [5.74, 6) is 0. The Balaban J connectivity index is -0.0000000793. The Kier molecular flexibility index (Phi) is 79.6. The zero-order valence-electron chi connectivity index (χ0n) is 20.6. The van der Waals surface area contributed by atoms with Crippen LogP contribution in [0.2, 0.25) is 0 Å². The van der Waals surface area contributed by atoms with Crippen molar-refractivity contribution in [2.45, 2.75) is 139 Å². The van der Waals surface area contributed by atoms with Crippen LogP contribution < -0.4 is 5.32 Å². The maximum atomic E-state index is 8.42. The van der Waals surface area contributed by atoms with E-state index < -0.39 is 0 Å². The van der Waals surface area contributed by atoms with Gasteiger partial charge in [-0.25, -0.2) is 0 Å². The first-order valence-electron chi connectivity index (χ1n) is 12.0. The number of rotatable bonds is 13. The molecular formula is C24H59NO. The first kappa shape index (κ1) is 36.8. The summed E-state index contributed by atoms with van der Waals surface area (Å²) in [4.78, 5) is 0. The highest BCUT2D eigenvalue weighted by Gasteiger charge is 1.86. The van der Waals surface area contributed by atoms with Gasteiger partial charge in [0.1, 0.15) is 0 Å². The molecule has 0 saturated heterocycles. The van der Waals surface area contributed by atoms with Crippen LogP contribution in [0, 0.1) is 0 Å². The monoisotopic (exact) mass is 377 g/mol. The van der Waals surface area contributed by atoms with Crippen molar-refractivity contribution in [2.24, 2.45) is 0 Å². The highest BCUT2D eigenvalue weighted by Crippen LogP contribution is 2.04. The molecule has 0 aliphatic heterocycles. The Labute approximate surface area is 170 Å². The van der Waals surface area contributed by atoms with Crippen LogP contribution in [0.15, 0.2) is 0 Å². The van der Waals surface area contributed by atoms with E-state index >= 15 is 0 Å². The van der Waals surface area contributed by atoms with E-state index in [-0.39, 0.29) is 0 Å². The number of nitrogens with one attached hydrogen (secondary N) is 1. The third-order valence-corrected chi connectivity index (χ3v) is 3.47. The van der Waals surface area contributed by atoms with E-state index in [1.807, 2.05) is 34.7 Å². The number of hydrogen-bond donors (Lipinski definition) is 2. The standard InChI is InChI=1S/C8H18O.C8H18.C4H11N.2C2H6/c1-2-3-4-5-6-7-8-9;1-3-5-7-8-6-4-2;1-3-4-5-2;2*1-2/h9H,2-8H2,1H3;3-8H2,1-2H3;5H,3-4H2,1-2H3;2*1-2H3. The van der Waals surface area contributed by atoms with E-state index in [1.165, 1.54) is 77.0 Å². The highest BCUT2D eigenvalue weighted by molar-refractivity contribution is 4.41. The van der Waals surface area contributed by atoms with Crippen LogP contribution in [0.5, 0.6) is 0 Å². The second kappa shape index (κ2) is 56.3. The summed E-state index contributed by atoms with van der Waals surface area (Å²) in [5.41, 5.74) is 0. The van der Waals surface area contributed by atoms with Crippen LogP contribution in [0.3, 0.4) is 0 Å². The molecule has 0 amide bonds. The topological polar surface area (TPSA) is 32.3 Å². The summed E-state index contributed by atoms with van der Waals surface area (Å²) in [7, 11) is 1.96. The molecule has 0 saturated carbocycles. The Morgan fingerprint density at radius 2 is 0.808 bits per heavy atom. The second-order valence-corrected chi connectivity index (χ2v) is 6.01. The Hall–Kier alpha value is -0.0800. The SMILES string of the molecule is CC.CC.CCCCCCCC.CCCCCCCCO.CCCNC. The molecule has 2 heteroatoms. The number of aliphatic hydroxyl groups is 1. The molecule has 0 fully saturated rings. The maximum Gasteiger partial charge on any atom is 0.0431 e. The minimum Gasteiger partial charge on any atom is -0.396 e. The van der Waals surface area contributed by atoms with Gasteiger partial charge >= 0.3 is 0 Å². The van der Waals surface area contributed by atoms with Gasteiger partial charge in [0.05, 0.1) is 0 Å². The summed E-state index contributed by atoms with van der Waals surface area (Å²) >= 11 is 0. The Morgan fingerprint density at radius 1 is 0.500 bits per heavy atom. The number of hydrogen-bond acceptors (Lipinski definition) is 2. The van der Waals surface area contributed by atoms with Gasteiger partial charge in [-0.1, -0.05) is 126 Å². The molecule has 166 valence electrons. The van der Waals surface area contributed by atoms with Crippen LogP contribution >= 0.6 is 0 Å². The molecule has 0 bridgehead atoms. The van der Waals surface area contributed by atoms with E-state index in [4.69, 9.17) is 5.11 Å². The fraction of sp³-hybridized carbons (Fsp3) is 1.00. The van der Waals surface area contributed by atoms with Crippen molar-refractivity contribution in [3.8, 4) is 0 Å². The minimum atomic E-state index is 0.367. The third kappa shape index (κ3) is 75.3. The van der Waals surface area contributed by atoms with Crippen molar-refractivity contribution < 1.29 is 5.11 Å². The second-order valence-electron chi connectivity index (χ2n) is 6.01. The van der Waals surface area contributed by atoms with Gasteiger partial charge in [0.15, 0.2) is 0 Å². The van der Waals surface area contributed by atoms with Gasteiger partial charge in [-0.2, -0.15) is 0 Å². The molecule has 0 aliphatic carbocycles. The summed E-state index contributed by atoms with van der Waals surface area (Å²) in [5, 5.41) is 11.4. The lowest BCUT2D eigenvalue weighted by atomic mass is 10.1. The third-order valence-electron chi connectivity index (χ3n) is 3.47. The van der Waals surface area contributed by atoms with Gasteiger partial charge in [0.25, 0.3) is 0 Å². The molecule has 2 N–H and O–H groups in total. The highest BCUT2D eigenvalue weighted by atomic mass is 16.2. The average molecular weight is 378 g/mol. The normalized spacial score (nSPS) is 8.54. The Bertz CT molecular complexity index is 126. The minimum absolute atomic E-state index is 0.367. The molecule has 0 heterocycles. The summed E-state index contributed by atoms with van der Waals surface area (Å²) < 4.78 is 0. The van der Waals surface area contributed by atoms with E-state index in [1.54, 1.807) is 0 Å². The van der Waals surface area contributed by atoms with Crippen LogP contribution in [0.25, 0.3) is 0 Å². The number of aliphatic hydroxyl groups excluding tert-OH is 1. The molecule has 26 heavy (non-hydrogen) atoms. The molecule has 0 aliphatic rings. The van der Waals surface area contributed by atoms with Crippen molar-refractivity contribution >= 4 is 0 Å². The Morgan fingerprint density at radius 3 is 1.00 bits per heavy atom. The summed E-state index contributed by atoms with van der Waals surface area (Å²) in [6.45, 7) is 18.4. The van der Waals surface area contributed by atoms with Gasteiger partial charge in [0.2, 0.25) is 0 Å². The fourth-order valence-corrected chi connectivity index (χ4v) is 2.00. The molecule has 0 atom stereocenters. The van der Waals surface area contributed by atoms with Gasteiger partial charge < -0.3 is 10.4 Å². The molecular weight excluding hydrogens is 318 g/mol. The average Bonchev–Trinajstić information content (AvgIpc) is 2.70. The zero-order chi connectivity index (χ0) is 21.3. The first-order valence-corrected chi connectivity index (χ1v) is 12.0. The van der Waals surface area contributed by atoms with E-state index in [2.05, 4.69) is 33.0 Å². The molecule has 0 unspecified atom stereocenters. The maximum absolute atomic E-state index is 8.42. The van der Waals surface area contributed by atoms with Crippen molar-refractivity contribution in [1.29, 1.82) is 0 Å². The quantitative estimate of drug-likeness (QED) is 0.316. The van der Waals surface area contributed by atoms with Crippen LogP contribution in [0.4, 0.5) is 0 Å². The lowest BCUT2D eigenvalue weighted by Crippen LogP contribution is -2.04. The fourth-order valence-electron chi connectivity index (χ4n) is 2.00. The molecule has 0 radical (unpaired) electrons. The van der Waals surface area contributed by atoms with Crippen LogP contribution in [-0.2, 0) is 0 Å². The first-order chi connectivity index (χ1) is 12.7. The van der Waals surface area contributed by atoms with Gasteiger partial charge in [-0.05, 0) is 26.4 Å².